The Bertz CT molecular complexity index is 159. The summed E-state index contributed by atoms with van der Waals surface area (Å²) in [5.74, 6) is 0.655. The zero-order chi connectivity index (χ0) is 9.14. The van der Waals surface area contributed by atoms with Gasteiger partial charge in [-0.15, -0.1) is 0 Å². The minimum absolute atomic E-state index is 0.0162. The van der Waals surface area contributed by atoms with Crippen molar-refractivity contribution in [2.45, 2.75) is 46.1 Å². The first-order valence-electron chi connectivity index (χ1n) is 4.81. The van der Waals surface area contributed by atoms with Crippen molar-refractivity contribution < 1.29 is 9.53 Å². The van der Waals surface area contributed by atoms with Gasteiger partial charge in [-0.3, -0.25) is 4.79 Å². The molecule has 0 radical (unpaired) electrons. The van der Waals surface area contributed by atoms with E-state index in [1.54, 1.807) is 0 Å². The third kappa shape index (κ3) is 2.23. The van der Waals surface area contributed by atoms with Crippen molar-refractivity contribution in [3.05, 3.63) is 0 Å². The lowest BCUT2D eigenvalue weighted by atomic mass is 9.85. The van der Waals surface area contributed by atoms with Gasteiger partial charge >= 0.3 is 5.97 Å². The van der Waals surface area contributed by atoms with Gasteiger partial charge in [0.15, 0.2) is 0 Å². The molecule has 1 aliphatic carbocycles. The molecule has 1 unspecified atom stereocenters. The zero-order valence-electron chi connectivity index (χ0n) is 8.17. The van der Waals surface area contributed by atoms with Crippen LogP contribution in [0.5, 0.6) is 0 Å². The van der Waals surface area contributed by atoms with Crippen LogP contribution in [0, 0.1) is 11.8 Å². The molecule has 0 aromatic heterocycles. The molecule has 1 rings (SSSR count). The van der Waals surface area contributed by atoms with Gasteiger partial charge in [-0.2, -0.15) is 0 Å². The van der Waals surface area contributed by atoms with Crippen molar-refractivity contribution in [1.29, 1.82) is 0 Å². The maximum absolute atomic E-state index is 11.3. The molecule has 0 amide bonds. The molecule has 1 atom stereocenters. The van der Waals surface area contributed by atoms with Gasteiger partial charge in [0.25, 0.3) is 0 Å². The molecule has 0 spiro atoms. The second kappa shape index (κ2) is 3.92. The van der Waals surface area contributed by atoms with Gasteiger partial charge in [-0.05, 0) is 25.7 Å². The van der Waals surface area contributed by atoms with Crippen LogP contribution < -0.4 is 0 Å². The Labute approximate surface area is 74.3 Å². The van der Waals surface area contributed by atoms with Crippen molar-refractivity contribution in [2.75, 3.05) is 0 Å². The van der Waals surface area contributed by atoms with Crippen LogP contribution >= 0.6 is 0 Å². The highest BCUT2D eigenvalue weighted by Gasteiger charge is 2.28. The van der Waals surface area contributed by atoms with Crippen LogP contribution in [-0.4, -0.2) is 12.1 Å². The van der Waals surface area contributed by atoms with Crippen LogP contribution in [0.3, 0.4) is 0 Å². The largest absolute Gasteiger partial charge is 0.462 e. The first-order valence-corrected chi connectivity index (χ1v) is 4.81. The maximum Gasteiger partial charge on any atom is 0.309 e. The van der Waals surface area contributed by atoms with E-state index in [1.165, 1.54) is 6.42 Å². The van der Waals surface area contributed by atoms with Crippen LogP contribution in [0.4, 0.5) is 0 Å². The Balaban J connectivity index is 2.25. The molecule has 0 bridgehead atoms. The van der Waals surface area contributed by atoms with E-state index in [2.05, 4.69) is 13.8 Å². The predicted molar refractivity (Wildman–Crippen MR) is 47.7 cm³/mol. The van der Waals surface area contributed by atoms with E-state index in [0.717, 1.165) is 12.8 Å². The van der Waals surface area contributed by atoms with Crippen LogP contribution in [0.2, 0.25) is 0 Å². The summed E-state index contributed by atoms with van der Waals surface area (Å²) in [6.07, 6.45) is 3.32. The molecule has 1 fully saturated rings. The smallest absolute Gasteiger partial charge is 0.309 e. The van der Waals surface area contributed by atoms with Crippen molar-refractivity contribution in [3.63, 3.8) is 0 Å². The van der Waals surface area contributed by atoms with Crippen LogP contribution in [0.25, 0.3) is 0 Å². The van der Waals surface area contributed by atoms with E-state index in [1.807, 2.05) is 6.92 Å². The van der Waals surface area contributed by atoms with Gasteiger partial charge in [0, 0.05) is 0 Å². The molecule has 2 nitrogen and oxygen atoms in total. The lowest BCUT2D eigenvalue weighted by Crippen LogP contribution is -2.29. The van der Waals surface area contributed by atoms with E-state index in [-0.39, 0.29) is 18.0 Å². The second-order valence-corrected chi connectivity index (χ2v) is 4.01. The van der Waals surface area contributed by atoms with Crippen molar-refractivity contribution in [3.8, 4) is 0 Å². The van der Waals surface area contributed by atoms with Crippen molar-refractivity contribution in [1.82, 2.24) is 0 Å². The topological polar surface area (TPSA) is 26.3 Å². The summed E-state index contributed by atoms with van der Waals surface area (Å²) in [6.45, 7) is 6.10. The summed E-state index contributed by atoms with van der Waals surface area (Å²) >= 11 is 0. The number of esters is 1. The molecular formula is C10H18O2. The Hall–Kier alpha value is -0.530. The fourth-order valence-electron chi connectivity index (χ4n) is 1.06. The van der Waals surface area contributed by atoms with Crippen LogP contribution in [-0.2, 0) is 9.53 Å². The lowest BCUT2D eigenvalue weighted by Gasteiger charge is -2.26. The summed E-state index contributed by atoms with van der Waals surface area (Å²) in [5, 5.41) is 0. The monoisotopic (exact) mass is 170 g/mol. The van der Waals surface area contributed by atoms with Gasteiger partial charge in [0.1, 0.15) is 6.10 Å². The first kappa shape index (κ1) is 9.56. The normalized spacial score (nSPS) is 20.3. The minimum Gasteiger partial charge on any atom is -0.462 e. The molecule has 1 aliphatic rings. The molecule has 2 heteroatoms. The number of carbonyl (C=O) groups is 1. The number of ether oxygens (including phenoxy) is 1. The van der Waals surface area contributed by atoms with Crippen LogP contribution in [0.1, 0.15) is 40.0 Å². The number of hydrogen-bond acceptors (Lipinski definition) is 2. The zero-order valence-corrected chi connectivity index (χ0v) is 8.17. The van der Waals surface area contributed by atoms with E-state index < -0.39 is 0 Å². The molecule has 70 valence electrons. The highest BCUT2D eigenvalue weighted by Crippen LogP contribution is 2.28. The van der Waals surface area contributed by atoms with E-state index in [9.17, 15) is 4.79 Å². The lowest BCUT2D eigenvalue weighted by molar-refractivity contribution is -0.158. The minimum atomic E-state index is 0.0162. The molecule has 0 heterocycles. The van der Waals surface area contributed by atoms with Gasteiger partial charge in [0.05, 0.1) is 5.92 Å². The average molecular weight is 170 g/mol. The fraction of sp³-hybridized carbons (Fsp3) is 0.900. The molecule has 0 aromatic rings. The standard InChI is InChI=1S/C10H18O2/c1-7(2)8(3)12-10(11)9-5-4-6-9/h7-9H,4-6H2,1-3H3. The summed E-state index contributed by atoms with van der Waals surface area (Å²) in [5.41, 5.74) is 0. The number of carbonyl (C=O) groups excluding carboxylic acids is 1. The molecule has 1 saturated carbocycles. The molecule has 0 aromatic carbocycles. The van der Waals surface area contributed by atoms with Gasteiger partial charge in [-0.25, -0.2) is 0 Å². The summed E-state index contributed by atoms with van der Waals surface area (Å²) in [4.78, 5) is 11.3. The number of hydrogen-bond donors (Lipinski definition) is 0. The highest BCUT2D eigenvalue weighted by atomic mass is 16.5. The van der Waals surface area contributed by atoms with Crippen LogP contribution in [0.15, 0.2) is 0 Å². The highest BCUT2D eigenvalue weighted by molar-refractivity contribution is 5.73. The van der Waals surface area contributed by atoms with E-state index in [0.29, 0.717) is 5.92 Å². The molecule has 0 saturated heterocycles. The van der Waals surface area contributed by atoms with Gasteiger partial charge in [-0.1, -0.05) is 20.3 Å². The average Bonchev–Trinajstić information content (AvgIpc) is 1.82. The van der Waals surface area contributed by atoms with E-state index >= 15 is 0 Å². The summed E-state index contributed by atoms with van der Waals surface area (Å²) in [7, 11) is 0. The quantitative estimate of drug-likeness (QED) is 0.608. The maximum atomic E-state index is 11.3. The molecule has 0 N–H and O–H groups in total. The molecular weight excluding hydrogens is 152 g/mol. The van der Waals surface area contributed by atoms with Crippen molar-refractivity contribution >= 4 is 5.97 Å². The third-order valence-electron chi connectivity index (χ3n) is 2.68. The fourth-order valence-corrected chi connectivity index (χ4v) is 1.06. The predicted octanol–water partition coefficient (Wildman–Crippen LogP) is 2.37. The Morgan fingerprint density at radius 2 is 1.92 bits per heavy atom. The molecule has 0 aliphatic heterocycles. The van der Waals surface area contributed by atoms with E-state index in [4.69, 9.17) is 4.74 Å². The Kier molecular flexibility index (Phi) is 3.12. The van der Waals surface area contributed by atoms with Crippen molar-refractivity contribution in [2.24, 2.45) is 11.8 Å². The Morgan fingerprint density at radius 1 is 1.33 bits per heavy atom. The Morgan fingerprint density at radius 3 is 2.25 bits per heavy atom. The SMILES string of the molecule is CC(C)C(C)OC(=O)C1CCC1. The number of rotatable bonds is 3. The van der Waals surface area contributed by atoms with Gasteiger partial charge in [0.2, 0.25) is 0 Å². The summed E-state index contributed by atoms with van der Waals surface area (Å²) in [6, 6.07) is 0. The van der Waals surface area contributed by atoms with Gasteiger partial charge < -0.3 is 4.74 Å². The summed E-state index contributed by atoms with van der Waals surface area (Å²) < 4.78 is 5.28. The third-order valence-corrected chi connectivity index (χ3v) is 2.68. The molecule has 12 heavy (non-hydrogen) atoms. The first-order chi connectivity index (χ1) is 5.61. The second-order valence-electron chi connectivity index (χ2n) is 4.01.